The standard InChI is InChI=1S/C23H31N3O4/c1-17(23(27)24-20-7-5-6-8-22(20)30-4)26-13-11-25(12-14-26)16-18-15-19(28-2)9-10-21(18)29-3/h5-10,15,17H,11-14,16H2,1-4H3,(H,24,27). The minimum Gasteiger partial charge on any atom is -0.497 e. The SMILES string of the molecule is COc1ccc(OC)c(CN2CCN(C(C)C(=O)Nc3ccccc3OC)CC2)c1. The molecule has 7 heteroatoms. The lowest BCUT2D eigenvalue weighted by Crippen LogP contribution is -2.52. The number of rotatable bonds is 8. The van der Waals surface area contributed by atoms with Gasteiger partial charge in [0.15, 0.2) is 0 Å². The van der Waals surface area contributed by atoms with E-state index in [1.54, 1.807) is 21.3 Å². The van der Waals surface area contributed by atoms with E-state index < -0.39 is 0 Å². The number of carbonyl (C=O) groups is 1. The van der Waals surface area contributed by atoms with Crippen LogP contribution in [0.2, 0.25) is 0 Å². The zero-order chi connectivity index (χ0) is 21.5. The summed E-state index contributed by atoms with van der Waals surface area (Å²) in [6.45, 7) is 6.15. The molecule has 1 fully saturated rings. The molecule has 0 aromatic heterocycles. The van der Waals surface area contributed by atoms with Crippen molar-refractivity contribution >= 4 is 11.6 Å². The van der Waals surface area contributed by atoms with Crippen LogP contribution in [0.4, 0.5) is 5.69 Å². The fourth-order valence-electron chi connectivity index (χ4n) is 3.71. The van der Waals surface area contributed by atoms with Crippen LogP contribution in [0.5, 0.6) is 17.2 Å². The van der Waals surface area contributed by atoms with Gasteiger partial charge in [0.1, 0.15) is 17.2 Å². The number of benzene rings is 2. The molecule has 162 valence electrons. The van der Waals surface area contributed by atoms with Crippen LogP contribution in [0, 0.1) is 0 Å². The van der Waals surface area contributed by atoms with Crippen LogP contribution < -0.4 is 19.5 Å². The second kappa shape index (κ2) is 10.3. The number of nitrogens with zero attached hydrogens (tertiary/aromatic N) is 2. The van der Waals surface area contributed by atoms with Gasteiger partial charge in [0.2, 0.25) is 5.91 Å². The van der Waals surface area contributed by atoms with E-state index in [-0.39, 0.29) is 11.9 Å². The van der Waals surface area contributed by atoms with Gasteiger partial charge in [0.25, 0.3) is 0 Å². The Kier molecular flexibility index (Phi) is 7.54. The number of ether oxygens (including phenoxy) is 3. The topological polar surface area (TPSA) is 63.3 Å². The summed E-state index contributed by atoms with van der Waals surface area (Å²) in [6.07, 6.45) is 0. The van der Waals surface area contributed by atoms with Gasteiger partial charge in [0.05, 0.1) is 33.1 Å². The van der Waals surface area contributed by atoms with E-state index in [1.165, 1.54) is 0 Å². The zero-order valence-corrected chi connectivity index (χ0v) is 18.2. The van der Waals surface area contributed by atoms with Crippen molar-refractivity contribution in [2.45, 2.75) is 19.5 Å². The lowest BCUT2D eigenvalue weighted by atomic mass is 10.1. The van der Waals surface area contributed by atoms with Crippen LogP contribution in [-0.4, -0.2) is 69.3 Å². The van der Waals surface area contributed by atoms with Gasteiger partial charge in [-0.05, 0) is 37.3 Å². The molecule has 1 atom stereocenters. The van der Waals surface area contributed by atoms with E-state index in [2.05, 4.69) is 15.1 Å². The number of anilines is 1. The third-order valence-corrected chi connectivity index (χ3v) is 5.58. The lowest BCUT2D eigenvalue weighted by Gasteiger charge is -2.37. The molecule has 0 saturated carbocycles. The summed E-state index contributed by atoms with van der Waals surface area (Å²) in [5.41, 5.74) is 1.80. The molecule has 1 aliphatic rings. The highest BCUT2D eigenvalue weighted by molar-refractivity contribution is 5.95. The fraction of sp³-hybridized carbons (Fsp3) is 0.435. The van der Waals surface area contributed by atoms with Crippen molar-refractivity contribution < 1.29 is 19.0 Å². The second-order valence-corrected chi connectivity index (χ2v) is 7.36. The van der Waals surface area contributed by atoms with Gasteiger partial charge >= 0.3 is 0 Å². The molecule has 0 radical (unpaired) electrons. The molecule has 1 amide bonds. The van der Waals surface area contributed by atoms with Crippen LogP contribution in [-0.2, 0) is 11.3 Å². The maximum absolute atomic E-state index is 12.8. The minimum atomic E-state index is -0.219. The molecule has 7 nitrogen and oxygen atoms in total. The van der Waals surface area contributed by atoms with Crippen LogP contribution in [0.3, 0.4) is 0 Å². The second-order valence-electron chi connectivity index (χ2n) is 7.36. The van der Waals surface area contributed by atoms with Gasteiger partial charge in [-0.25, -0.2) is 0 Å². The van der Waals surface area contributed by atoms with Crippen molar-refractivity contribution in [3.63, 3.8) is 0 Å². The molecular formula is C23H31N3O4. The molecule has 0 aliphatic carbocycles. The Bertz CT molecular complexity index is 850. The van der Waals surface area contributed by atoms with Gasteiger partial charge in [-0.2, -0.15) is 0 Å². The number of hydrogen-bond donors (Lipinski definition) is 1. The highest BCUT2D eigenvalue weighted by Crippen LogP contribution is 2.26. The number of para-hydroxylation sites is 2. The Hall–Kier alpha value is -2.77. The largest absolute Gasteiger partial charge is 0.497 e. The molecule has 3 rings (SSSR count). The Morgan fingerprint density at radius 2 is 1.67 bits per heavy atom. The third kappa shape index (κ3) is 5.23. The quantitative estimate of drug-likeness (QED) is 0.718. The lowest BCUT2D eigenvalue weighted by molar-refractivity contribution is -0.121. The number of nitrogens with one attached hydrogen (secondary N) is 1. The number of methoxy groups -OCH3 is 3. The predicted octanol–water partition coefficient (Wildman–Crippen LogP) is 2.86. The van der Waals surface area contributed by atoms with E-state index in [0.717, 1.165) is 49.8 Å². The molecule has 0 spiro atoms. The predicted molar refractivity (Wildman–Crippen MR) is 117 cm³/mol. The van der Waals surface area contributed by atoms with Crippen molar-refractivity contribution in [2.75, 3.05) is 52.8 Å². The Morgan fingerprint density at radius 1 is 0.967 bits per heavy atom. The molecule has 1 N–H and O–H groups in total. The van der Waals surface area contributed by atoms with Crippen molar-refractivity contribution in [1.82, 2.24) is 9.80 Å². The molecule has 1 saturated heterocycles. The fourth-order valence-corrected chi connectivity index (χ4v) is 3.71. The molecule has 30 heavy (non-hydrogen) atoms. The van der Waals surface area contributed by atoms with Crippen LogP contribution >= 0.6 is 0 Å². The van der Waals surface area contributed by atoms with E-state index in [9.17, 15) is 4.79 Å². The van der Waals surface area contributed by atoms with E-state index in [1.807, 2.05) is 49.4 Å². The van der Waals surface area contributed by atoms with Crippen molar-refractivity contribution in [1.29, 1.82) is 0 Å². The number of hydrogen-bond acceptors (Lipinski definition) is 6. The zero-order valence-electron chi connectivity index (χ0n) is 18.2. The maximum Gasteiger partial charge on any atom is 0.241 e. The summed E-state index contributed by atoms with van der Waals surface area (Å²) in [6, 6.07) is 13.1. The van der Waals surface area contributed by atoms with Crippen LogP contribution in [0.25, 0.3) is 0 Å². The van der Waals surface area contributed by atoms with Crippen molar-refractivity contribution in [3.8, 4) is 17.2 Å². The molecular weight excluding hydrogens is 382 g/mol. The Balaban J connectivity index is 1.55. The number of amides is 1. The van der Waals surface area contributed by atoms with E-state index in [0.29, 0.717) is 11.4 Å². The van der Waals surface area contributed by atoms with Gasteiger partial charge in [-0.3, -0.25) is 14.6 Å². The van der Waals surface area contributed by atoms with E-state index >= 15 is 0 Å². The van der Waals surface area contributed by atoms with Gasteiger partial charge in [0, 0.05) is 38.3 Å². The van der Waals surface area contributed by atoms with Gasteiger partial charge in [-0.15, -0.1) is 0 Å². The van der Waals surface area contributed by atoms with Crippen molar-refractivity contribution in [3.05, 3.63) is 48.0 Å². The van der Waals surface area contributed by atoms with Gasteiger partial charge in [-0.1, -0.05) is 12.1 Å². The molecule has 1 aliphatic heterocycles. The highest BCUT2D eigenvalue weighted by Gasteiger charge is 2.26. The van der Waals surface area contributed by atoms with Crippen LogP contribution in [0.1, 0.15) is 12.5 Å². The Morgan fingerprint density at radius 3 is 2.33 bits per heavy atom. The smallest absolute Gasteiger partial charge is 0.241 e. The summed E-state index contributed by atoms with van der Waals surface area (Å²) in [5, 5.41) is 2.99. The molecule has 2 aromatic carbocycles. The first-order chi connectivity index (χ1) is 14.5. The summed E-state index contributed by atoms with van der Waals surface area (Å²) in [5.74, 6) is 2.33. The van der Waals surface area contributed by atoms with E-state index in [4.69, 9.17) is 14.2 Å². The normalized spacial score (nSPS) is 16.0. The van der Waals surface area contributed by atoms with Gasteiger partial charge < -0.3 is 19.5 Å². The minimum absolute atomic E-state index is 0.0255. The summed E-state index contributed by atoms with van der Waals surface area (Å²) in [7, 11) is 4.96. The van der Waals surface area contributed by atoms with Crippen molar-refractivity contribution in [2.24, 2.45) is 0 Å². The summed E-state index contributed by atoms with van der Waals surface area (Å²) in [4.78, 5) is 17.3. The highest BCUT2D eigenvalue weighted by atomic mass is 16.5. The summed E-state index contributed by atoms with van der Waals surface area (Å²) < 4.78 is 16.2. The van der Waals surface area contributed by atoms with Crippen LogP contribution in [0.15, 0.2) is 42.5 Å². The Labute approximate surface area is 178 Å². The first-order valence-electron chi connectivity index (χ1n) is 10.2. The first kappa shape index (κ1) is 21.9. The first-order valence-corrected chi connectivity index (χ1v) is 10.2. The molecule has 2 aromatic rings. The third-order valence-electron chi connectivity index (χ3n) is 5.58. The number of piperazine rings is 1. The monoisotopic (exact) mass is 413 g/mol. The number of carbonyl (C=O) groups excluding carboxylic acids is 1. The molecule has 1 heterocycles. The molecule has 1 unspecified atom stereocenters. The average molecular weight is 414 g/mol. The summed E-state index contributed by atoms with van der Waals surface area (Å²) >= 11 is 0. The average Bonchev–Trinajstić information content (AvgIpc) is 2.79. The maximum atomic E-state index is 12.8. The molecule has 0 bridgehead atoms.